The number of amides is 4. The molecule has 2 aromatic rings. The van der Waals surface area contributed by atoms with Crippen molar-refractivity contribution in [3.05, 3.63) is 53.7 Å². The van der Waals surface area contributed by atoms with Crippen molar-refractivity contribution >= 4 is 35.3 Å². The number of hydrogen-bond donors (Lipinski definition) is 2. The molecule has 4 amide bonds. The van der Waals surface area contributed by atoms with Gasteiger partial charge in [-0.05, 0) is 56.1 Å². The highest BCUT2D eigenvalue weighted by molar-refractivity contribution is 6.19. The number of carbonyl (C=O) groups excluding carboxylic acids is 4. The highest BCUT2D eigenvalue weighted by atomic mass is 16.5. The molecule has 2 unspecified atom stereocenters. The van der Waals surface area contributed by atoms with Gasteiger partial charge in [-0.2, -0.15) is 0 Å². The molecular weight excluding hydrogens is 426 g/mol. The van der Waals surface area contributed by atoms with Crippen LogP contribution in [0, 0.1) is 12.8 Å². The lowest BCUT2D eigenvalue weighted by Crippen LogP contribution is -2.68. The van der Waals surface area contributed by atoms with Gasteiger partial charge in [0, 0.05) is 11.9 Å². The number of nitrogens with one attached hydrogen (secondary N) is 2. The summed E-state index contributed by atoms with van der Waals surface area (Å²) in [5, 5.41) is 5.99. The Bertz CT molecular complexity index is 1100. The van der Waals surface area contributed by atoms with Gasteiger partial charge in [-0.1, -0.05) is 12.1 Å². The van der Waals surface area contributed by atoms with E-state index in [1.807, 2.05) is 25.1 Å². The first-order valence-corrected chi connectivity index (χ1v) is 10.7. The standard InChI is InChI=1S/C23H25N5O5/c1-14-6-3-7-15(12-14)26-18(29)13-27-19-16(8-4-10-24-19)21(30)28(23(27)32)20-17(22(31)33-2)9-5-11-25-20/h3,5-7,9,11-12,16,19,24H,4,8,10,13H2,1-2H3,(H,26,29). The zero-order valence-corrected chi connectivity index (χ0v) is 18.4. The van der Waals surface area contributed by atoms with Gasteiger partial charge >= 0.3 is 12.0 Å². The van der Waals surface area contributed by atoms with E-state index in [1.165, 1.54) is 30.3 Å². The van der Waals surface area contributed by atoms with Crippen LogP contribution in [0.1, 0.15) is 28.8 Å². The molecule has 1 aromatic heterocycles. The number of imide groups is 1. The lowest BCUT2D eigenvalue weighted by atomic mass is 9.91. The molecule has 10 heteroatoms. The molecule has 0 saturated carbocycles. The third-order valence-electron chi connectivity index (χ3n) is 5.76. The van der Waals surface area contributed by atoms with E-state index in [-0.39, 0.29) is 17.9 Å². The van der Waals surface area contributed by atoms with Crippen molar-refractivity contribution in [3.63, 3.8) is 0 Å². The number of nitrogens with zero attached hydrogens (tertiary/aromatic N) is 3. The molecule has 2 saturated heterocycles. The number of esters is 1. The smallest absolute Gasteiger partial charge is 0.341 e. The summed E-state index contributed by atoms with van der Waals surface area (Å²) in [5.41, 5.74) is 1.59. The van der Waals surface area contributed by atoms with Crippen molar-refractivity contribution in [2.75, 3.05) is 30.4 Å². The fraction of sp³-hybridized carbons (Fsp3) is 0.348. The quantitative estimate of drug-likeness (QED) is 0.666. The Morgan fingerprint density at radius 2 is 2.06 bits per heavy atom. The molecule has 0 radical (unpaired) electrons. The lowest BCUT2D eigenvalue weighted by Gasteiger charge is -2.46. The Morgan fingerprint density at radius 1 is 1.24 bits per heavy atom. The minimum Gasteiger partial charge on any atom is -0.465 e. The van der Waals surface area contributed by atoms with Crippen LogP contribution in [0.3, 0.4) is 0 Å². The van der Waals surface area contributed by atoms with Crippen molar-refractivity contribution in [1.29, 1.82) is 0 Å². The van der Waals surface area contributed by atoms with Crippen molar-refractivity contribution in [2.24, 2.45) is 5.92 Å². The third kappa shape index (κ3) is 4.42. The fourth-order valence-electron chi connectivity index (χ4n) is 4.25. The predicted molar refractivity (Wildman–Crippen MR) is 119 cm³/mol. The summed E-state index contributed by atoms with van der Waals surface area (Å²) in [6.07, 6.45) is 2.05. The number of aromatic nitrogens is 1. The number of ether oxygens (including phenoxy) is 1. The number of rotatable bonds is 5. The SMILES string of the molecule is COC(=O)c1cccnc1N1C(=O)C2CCCNC2N(CC(=O)Nc2cccc(C)c2)C1=O. The van der Waals surface area contributed by atoms with Gasteiger partial charge in [-0.3, -0.25) is 19.8 Å². The maximum absolute atomic E-state index is 13.5. The molecule has 2 fully saturated rings. The van der Waals surface area contributed by atoms with E-state index in [1.54, 1.807) is 6.07 Å². The number of urea groups is 1. The number of piperidine rings is 1. The van der Waals surface area contributed by atoms with Crippen LogP contribution < -0.4 is 15.5 Å². The molecule has 33 heavy (non-hydrogen) atoms. The zero-order valence-electron chi connectivity index (χ0n) is 18.4. The van der Waals surface area contributed by atoms with Crippen LogP contribution in [0.25, 0.3) is 0 Å². The highest BCUT2D eigenvalue weighted by Crippen LogP contribution is 2.32. The average molecular weight is 451 g/mol. The summed E-state index contributed by atoms with van der Waals surface area (Å²) in [4.78, 5) is 58.3. The molecule has 4 rings (SSSR count). The number of carbonyl (C=O) groups is 4. The second kappa shape index (κ2) is 9.37. The van der Waals surface area contributed by atoms with Crippen LogP contribution in [0.4, 0.5) is 16.3 Å². The fourth-order valence-corrected chi connectivity index (χ4v) is 4.25. The minimum absolute atomic E-state index is 0.00641. The van der Waals surface area contributed by atoms with Crippen LogP contribution in [-0.4, -0.2) is 60.1 Å². The molecule has 0 bridgehead atoms. The molecule has 1 aromatic carbocycles. The lowest BCUT2D eigenvalue weighted by molar-refractivity contribution is -0.129. The van der Waals surface area contributed by atoms with Gasteiger partial charge in [-0.15, -0.1) is 0 Å². The summed E-state index contributed by atoms with van der Waals surface area (Å²) >= 11 is 0. The van der Waals surface area contributed by atoms with E-state index in [9.17, 15) is 19.2 Å². The van der Waals surface area contributed by atoms with Gasteiger partial charge < -0.3 is 10.1 Å². The van der Waals surface area contributed by atoms with Gasteiger partial charge in [0.05, 0.1) is 19.2 Å². The van der Waals surface area contributed by atoms with Gasteiger partial charge in [0.15, 0.2) is 5.82 Å². The first-order chi connectivity index (χ1) is 15.9. The van der Waals surface area contributed by atoms with Crippen molar-refractivity contribution in [3.8, 4) is 0 Å². The second-order valence-electron chi connectivity index (χ2n) is 8.02. The molecule has 10 nitrogen and oxygen atoms in total. The largest absolute Gasteiger partial charge is 0.465 e. The van der Waals surface area contributed by atoms with Crippen LogP contribution in [0.2, 0.25) is 0 Å². The number of anilines is 2. The van der Waals surface area contributed by atoms with Crippen molar-refractivity contribution in [2.45, 2.75) is 25.9 Å². The van der Waals surface area contributed by atoms with E-state index in [0.29, 0.717) is 18.7 Å². The van der Waals surface area contributed by atoms with Crippen molar-refractivity contribution < 1.29 is 23.9 Å². The van der Waals surface area contributed by atoms with E-state index in [0.717, 1.165) is 16.9 Å². The summed E-state index contributed by atoms with van der Waals surface area (Å²) < 4.78 is 4.79. The summed E-state index contributed by atoms with van der Waals surface area (Å²) in [5.74, 6) is -2.26. The molecule has 2 aliphatic rings. The van der Waals surface area contributed by atoms with E-state index >= 15 is 0 Å². The molecule has 3 heterocycles. The van der Waals surface area contributed by atoms with Crippen LogP contribution in [0.15, 0.2) is 42.6 Å². The number of hydrogen-bond acceptors (Lipinski definition) is 7. The zero-order chi connectivity index (χ0) is 23.5. The van der Waals surface area contributed by atoms with E-state index < -0.39 is 35.9 Å². The van der Waals surface area contributed by atoms with E-state index in [4.69, 9.17) is 4.74 Å². The molecule has 2 N–H and O–H groups in total. The van der Waals surface area contributed by atoms with E-state index in [2.05, 4.69) is 15.6 Å². The maximum Gasteiger partial charge on any atom is 0.341 e. The first kappa shape index (κ1) is 22.4. The van der Waals surface area contributed by atoms with Crippen LogP contribution in [-0.2, 0) is 14.3 Å². The molecule has 0 aliphatic carbocycles. The Balaban J connectivity index is 1.65. The summed E-state index contributed by atoms with van der Waals surface area (Å²) in [6.45, 7) is 2.26. The Kier molecular flexibility index (Phi) is 6.36. The molecule has 2 aliphatic heterocycles. The number of benzene rings is 1. The van der Waals surface area contributed by atoms with Gasteiger partial charge in [-0.25, -0.2) is 19.5 Å². The topological polar surface area (TPSA) is 121 Å². The normalized spacial score (nSPS) is 20.3. The summed E-state index contributed by atoms with van der Waals surface area (Å²) in [6, 6.07) is 9.56. The average Bonchev–Trinajstić information content (AvgIpc) is 2.81. The molecule has 2 atom stereocenters. The Hall–Kier alpha value is -3.79. The first-order valence-electron chi connectivity index (χ1n) is 10.7. The second-order valence-corrected chi connectivity index (χ2v) is 8.02. The van der Waals surface area contributed by atoms with Gasteiger partial charge in [0.1, 0.15) is 12.1 Å². The number of methoxy groups -OCH3 is 1. The molecule has 0 spiro atoms. The molecular formula is C23H25N5O5. The minimum atomic E-state index is -0.723. The maximum atomic E-state index is 13.5. The van der Waals surface area contributed by atoms with Crippen molar-refractivity contribution in [1.82, 2.24) is 15.2 Å². The predicted octanol–water partition coefficient (Wildman–Crippen LogP) is 1.91. The summed E-state index contributed by atoms with van der Waals surface area (Å²) in [7, 11) is 1.21. The molecule has 172 valence electrons. The Labute approximate surface area is 190 Å². The van der Waals surface area contributed by atoms with Gasteiger partial charge in [0.25, 0.3) is 0 Å². The number of fused-ring (bicyclic) bond motifs is 1. The number of aryl methyl sites for hydroxylation is 1. The monoisotopic (exact) mass is 451 g/mol. The van der Waals surface area contributed by atoms with Gasteiger partial charge in [0.2, 0.25) is 11.8 Å². The highest BCUT2D eigenvalue weighted by Gasteiger charge is 2.49. The van der Waals surface area contributed by atoms with Crippen LogP contribution >= 0.6 is 0 Å². The number of pyridine rings is 1. The third-order valence-corrected chi connectivity index (χ3v) is 5.76. The Morgan fingerprint density at radius 3 is 2.82 bits per heavy atom. The van der Waals surface area contributed by atoms with Crippen LogP contribution in [0.5, 0.6) is 0 Å².